The Balaban J connectivity index is 2.15. The second-order valence-corrected chi connectivity index (χ2v) is 4.59. The second-order valence-electron chi connectivity index (χ2n) is 4.21. The van der Waals surface area contributed by atoms with Crippen molar-refractivity contribution in [1.29, 1.82) is 0 Å². The van der Waals surface area contributed by atoms with E-state index in [1.807, 2.05) is 13.1 Å². The number of anilines is 1. The highest BCUT2D eigenvalue weighted by atomic mass is 35.5. The molecule has 2 aromatic heterocycles. The number of hydrogen-bond acceptors (Lipinski definition) is 6. The van der Waals surface area contributed by atoms with E-state index in [0.717, 1.165) is 10.4 Å². The molecule has 0 saturated heterocycles. The Labute approximate surface area is 125 Å². The van der Waals surface area contributed by atoms with Crippen molar-refractivity contribution in [3.63, 3.8) is 0 Å². The number of aryl methyl sites for hydroxylation is 1. The summed E-state index contributed by atoms with van der Waals surface area (Å²) in [5.41, 5.74) is 0.755. The summed E-state index contributed by atoms with van der Waals surface area (Å²) in [6.45, 7) is 0.162. The first-order valence-electron chi connectivity index (χ1n) is 6.06. The van der Waals surface area contributed by atoms with Gasteiger partial charge < -0.3 is 10.1 Å². The van der Waals surface area contributed by atoms with Gasteiger partial charge in [-0.2, -0.15) is 10.2 Å². The maximum absolute atomic E-state index is 12.0. The lowest BCUT2D eigenvalue weighted by Crippen LogP contribution is -2.28. The Morgan fingerprint density at radius 1 is 1.48 bits per heavy atom. The summed E-state index contributed by atoms with van der Waals surface area (Å²) in [4.78, 5) is 23.1. The van der Waals surface area contributed by atoms with Gasteiger partial charge in [0, 0.05) is 13.2 Å². The average Bonchev–Trinajstić information content (AvgIpc) is 2.88. The Morgan fingerprint density at radius 2 is 2.24 bits per heavy atom. The van der Waals surface area contributed by atoms with Crippen molar-refractivity contribution in [3.8, 4) is 0 Å². The van der Waals surface area contributed by atoms with Crippen molar-refractivity contribution in [2.75, 3.05) is 12.4 Å². The van der Waals surface area contributed by atoms with E-state index >= 15 is 0 Å². The number of aromatic nitrogens is 4. The quantitative estimate of drug-likeness (QED) is 0.805. The Bertz CT molecular complexity index is 709. The summed E-state index contributed by atoms with van der Waals surface area (Å²) >= 11 is 5.99. The molecule has 0 spiro atoms. The van der Waals surface area contributed by atoms with Gasteiger partial charge in [0.25, 0.3) is 5.56 Å². The van der Waals surface area contributed by atoms with Crippen LogP contribution in [0.5, 0.6) is 0 Å². The molecular weight excluding hydrogens is 298 g/mol. The fourth-order valence-electron chi connectivity index (χ4n) is 1.65. The smallest absolute Gasteiger partial charge is 0.327 e. The number of carbonyl (C=O) groups excluding carboxylic acids is 1. The summed E-state index contributed by atoms with van der Waals surface area (Å²) in [7, 11) is 3.05. The van der Waals surface area contributed by atoms with Gasteiger partial charge in [-0.1, -0.05) is 11.6 Å². The highest BCUT2D eigenvalue weighted by molar-refractivity contribution is 6.32. The van der Waals surface area contributed by atoms with Crippen LogP contribution >= 0.6 is 11.6 Å². The second kappa shape index (κ2) is 6.40. The predicted molar refractivity (Wildman–Crippen MR) is 76.1 cm³/mol. The van der Waals surface area contributed by atoms with Crippen molar-refractivity contribution in [2.24, 2.45) is 7.05 Å². The molecule has 112 valence electrons. The monoisotopic (exact) mass is 311 g/mol. The predicted octanol–water partition coefficient (Wildman–Crippen LogP) is 0.415. The number of carbonyl (C=O) groups is 1. The number of ether oxygens (including phenoxy) is 1. The maximum Gasteiger partial charge on any atom is 0.327 e. The van der Waals surface area contributed by atoms with E-state index in [0.29, 0.717) is 12.2 Å². The molecule has 9 heteroatoms. The topological polar surface area (TPSA) is 91.0 Å². The third kappa shape index (κ3) is 3.40. The van der Waals surface area contributed by atoms with Crippen molar-refractivity contribution in [1.82, 2.24) is 19.6 Å². The molecule has 0 fully saturated rings. The Hall–Kier alpha value is -2.35. The number of esters is 1. The molecule has 0 radical (unpaired) electrons. The highest BCUT2D eigenvalue weighted by Gasteiger charge is 2.12. The zero-order chi connectivity index (χ0) is 15.4. The van der Waals surface area contributed by atoms with Gasteiger partial charge in [0.1, 0.15) is 11.6 Å². The van der Waals surface area contributed by atoms with Crippen molar-refractivity contribution in [3.05, 3.63) is 39.5 Å². The van der Waals surface area contributed by atoms with Gasteiger partial charge in [-0.15, -0.1) is 0 Å². The minimum Gasteiger partial charge on any atom is -0.468 e. The summed E-state index contributed by atoms with van der Waals surface area (Å²) < 4.78 is 7.13. The van der Waals surface area contributed by atoms with E-state index in [1.165, 1.54) is 13.3 Å². The molecule has 21 heavy (non-hydrogen) atoms. The summed E-state index contributed by atoms with van der Waals surface area (Å²) in [5, 5.41) is 10.9. The van der Waals surface area contributed by atoms with Crippen LogP contribution in [0.15, 0.2) is 23.3 Å². The van der Waals surface area contributed by atoms with E-state index in [1.54, 1.807) is 10.9 Å². The van der Waals surface area contributed by atoms with Gasteiger partial charge in [-0.05, 0) is 6.07 Å². The van der Waals surface area contributed by atoms with Crippen molar-refractivity contribution < 1.29 is 9.53 Å². The molecule has 1 N–H and O–H groups in total. The van der Waals surface area contributed by atoms with E-state index in [-0.39, 0.29) is 11.6 Å². The van der Waals surface area contributed by atoms with Gasteiger partial charge in [-0.3, -0.25) is 14.3 Å². The van der Waals surface area contributed by atoms with Crippen LogP contribution in [0.4, 0.5) is 5.69 Å². The number of halogens is 1. The van der Waals surface area contributed by atoms with Crippen molar-refractivity contribution in [2.45, 2.75) is 13.1 Å². The first kappa shape index (κ1) is 15.0. The first-order valence-corrected chi connectivity index (χ1v) is 6.44. The zero-order valence-corrected chi connectivity index (χ0v) is 12.3. The lowest BCUT2D eigenvalue weighted by Gasteiger charge is -2.09. The molecule has 0 amide bonds. The summed E-state index contributed by atoms with van der Waals surface area (Å²) in [6, 6.07) is 1.84. The van der Waals surface area contributed by atoms with E-state index in [2.05, 4.69) is 20.3 Å². The molecule has 2 heterocycles. The summed E-state index contributed by atoms with van der Waals surface area (Å²) in [5.74, 6) is -0.573. The normalized spacial score (nSPS) is 10.4. The molecule has 2 aromatic rings. The third-order valence-corrected chi connectivity index (χ3v) is 3.24. The molecule has 2 rings (SSSR count). The van der Waals surface area contributed by atoms with Crippen LogP contribution in [-0.2, 0) is 29.7 Å². The van der Waals surface area contributed by atoms with Gasteiger partial charge in [-0.25, -0.2) is 4.68 Å². The first-order chi connectivity index (χ1) is 10.0. The van der Waals surface area contributed by atoms with Crippen LogP contribution in [0.1, 0.15) is 5.69 Å². The molecule has 0 aromatic carbocycles. The van der Waals surface area contributed by atoms with Crippen LogP contribution in [0, 0.1) is 0 Å². The zero-order valence-electron chi connectivity index (χ0n) is 11.5. The van der Waals surface area contributed by atoms with E-state index < -0.39 is 11.5 Å². The molecule has 0 atom stereocenters. The van der Waals surface area contributed by atoms with Gasteiger partial charge in [0.05, 0.1) is 31.2 Å². The largest absolute Gasteiger partial charge is 0.468 e. The summed E-state index contributed by atoms with van der Waals surface area (Å²) in [6.07, 6.45) is 3.06. The van der Waals surface area contributed by atoms with E-state index in [9.17, 15) is 9.59 Å². The van der Waals surface area contributed by atoms with Gasteiger partial charge in [0.2, 0.25) is 0 Å². The van der Waals surface area contributed by atoms with Gasteiger partial charge >= 0.3 is 5.97 Å². The fraction of sp³-hybridized carbons (Fsp3) is 0.333. The number of hydrogen-bond donors (Lipinski definition) is 1. The molecule has 0 bridgehead atoms. The third-order valence-electron chi connectivity index (χ3n) is 2.87. The van der Waals surface area contributed by atoms with Crippen LogP contribution < -0.4 is 10.9 Å². The SMILES string of the molecule is COC(=O)Cn1ncc(NCc2ccnn2C)c(Cl)c1=O. The van der Waals surface area contributed by atoms with E-state index in [4.69, 9.17) is 11.6 Å². The molecule has 0 aliphatic carbocycles. The highest BCUT2D eigenvalue weighted by Crippen LogP contribution is 2.16. The lowest BCUT2D eigenvalue weighted by atomic mass is 10.4. The van der Waals surface area contributed by atoms with Gasteiger partial charge in [0.15, 0.2) is 0 Å². The maximum atomic E-state index is 12.0. The molecule has 0 unspecified atom stereocenters. The van der Waals surface area contributed by atoms with Crippen molar-refractivity contribution >= 4 is 23.3 Å². The number of nitrogens with one attached hydrogen (secondary N) is 1. The molecule has 0 aliphatic rings. The molecule has 0 aliphatic heterocycles. The number of rotatable bonds is 5. The van der Waals surface area contributed by atoms with Crippen LogP contribution in [0.3, 0.4) is 0 Å². The van der Waals surface area contributed by atoms with Crippen LogP contribution in [-0.4, -0.2) is 32.6 Å². The fourth-order valence-corrected chi connectivity index (χ4v) is 1.86. The lowest BCUT2D eigenvalue weighted by molar-refractivity contribution is -0.141. The molecule has 0 saturated carbocycles. The Morgan fingerprint density at radius 3 is 2.86 bits per heavy atom. The molecule has 8 nitrogen and oxygen atoms in total. The number of methoxy groups -OCH3 is 1. The van der Waals surface area contributed by atoms with Crippen LogP contribution in [0.2, 0.25) is 5.02 Å². The minimum atomic E-state index is -0.573. The standard InChI is InChI=1S/C12H14ClN5O3/c1-17-8(3-4-15-17)5-14-9-6-16-18(7-10(19)21-2)12(20)11(9)13/h3-4,6,14H,5,7H2,1-2H3. The number of nitrogens with zero attached hydrogens (tertiary/aromatic N) is 4. The minimum absolute atomic E-state index is 0.0314. The Kier molecular flexibility index (Phi) is 4.59. The van der Waals surface area contributed by atoms with Crippen LogP contribution in [0.25, 0.3) is 0 Å². The average molecular weight is 312 g/mol. The molecular formula is C12H14ClN5O3.